The lowest BCUT2D eigenvalue weighted by Gasteiger charge is -2.18. The van der Waals surface area contributed by atoms with Gasteiger partial charge in [0, 0.05) is 31.3 Å². The van der Waals surface area contributed by atoms with Gasteiger partial charge in [-0.1, -0.05) is 6.07 Å². The number of benzene rings is 2. The summed E-state index contributed by atoms with van der Waals surface area (Å²) in [6, 6.07) is 5.41. The van der Waals surface area contributed by atoms with E-state index in [0.29, 0.717) is 12.1 Å². The minimum atomic E-state index is -1.05. The normalized spacial score (nSPS) is 10.4. The molecule has 0 spiro atoms. The molecule has 0 atom stereocenters. The fourth-order valence-corrected chi connectivity index (χ4v) is 2.05. The second-order valence-corrected chi connectivity index (χ2v) is 5.29. The Morgan fingerprint density at radius 2 is 1.56 bits per heavy atom. The minimum absolute atomic E-state index is 0.105. The number of hydrogen-bond donors (Lipinski definition) is 1. The molecule has 4 nitrogen and oxygen atoms in total. The van der Waals surface area contributed by atoms with Crippen LogP contribution in [0.5, 0.6) is 0 Å². The van der Waals surface area contributed by atoms with E-state index in [1.165, 1.54) is 13.1 Å². The van der Waals surface area contributed by atoms with Crippen LogP contribution >= 0.6 is 0 Å². The fourth-order valence-electron chi connectivity index (χ4n) is 2.05. The Kier molecular flexibility index (Phi) is 5.74. The Morgan fingerprint density at radius 3 is 2.16 bits per heavy atom. The van der Waals surface area contributed by atoms with Crippen LogP contribution in [-0.2, 0) is 11.3 Å². The van der Waals surface area contributed by atoms with Crippen LogP contribution in [0.25, 0.3) is 0 Å². The van der Waals surface area contributed by atoms with Crippen molar-refractivity contribution < 1.29 is 27.2 Å². The molecule has 0 aliphatic rings. The molecule has 2 amide bonds. The van der Waals surface area contributed by atoms with Crippen LogP contribution in [0.4, 0.5) is 17.6 Å². The summed E-state index contributed by atoms with van der Waals surface area (Å²) in [6.07, 6.45) is 0. The van der Waals surface area contributed by atoms with Gasteiger partial charge in [0.15, 0.2) is 0 Å². The summed E-state index contributed by atoms with van der Waals surface area (Å²) >= 11 is 0. The number of likely N-dealkylation sites (N-methyl/N-ethyl adjacent to an activating group) is 1. The molecule has 2 rings (SSSR count). The third-order valence-corrected chi connectivity index (χ3v) is 3.42. The summed E-state index contributed by atoms with van der Waals surface area (Å²) in [5.41, 5.74) is -0.297. The number of hydrogen-bond acceptors (Lipinski definition) is 2. The summed E-state index contributed by atoms with van der Waals surface area (Å²) in [4.78, 5) is 24.9. The quantitative estimate of drug-likeness (QED) is 0.840. The number of halogens is 4. The molecule has 0 saturated heterocycles. The van der Waals surface area contributed by atoms with Crippen LogP contribution in [0, 0.1) is 23.3 Å². The second kappa shape index (κ2) is 7.78. The zero-order valence-corrected chi connectivity index (χ0v) is 13.2. The van der Waals surface area contributed by atoms with Gasteiger partial charge in [-0.2, -0.15) is 0 Å². The van der Waals surface area contributed by atoms with Gasteiger partial charge in [-0.25, -0.2) is 17.6 Å². The van der Waals surface area contributed by atoms with Crippen LogP contribution in [0.3, 0.4) is 0 Å². The van der Waals surface area contributed by atoms with Crippen molar-refractivity contribution in [2.24, 2.45) is 0 Å². The molecule has 1 N–H and O–H groups in total. The van der Waals surface area contributed by atoms with Crippen molar-refractivity contribution in [2.45, 2.75) is 6.54 Å². The van der Waals surface area contributed by atoms with Crippen molar-refractivity contribution in [1.29, 1.82) is 0 Å². The van der Waals surface area contributed by atoms with E-state index >= 15 is 0 Å². The molecular formula is C17H14F4N2O2. The van der Waals surface area contributed by atoms with E-state index in [9.17, 15) is 27.2 Å². The van der Waals surface area contributed by atoms with E-state index in [-0.39, 0.29) is 12.1 Å². The maximum atomic E-state index is 13.6. The highest BCUT2D eigenvalue weighted by molar-refractivity contribution is 5.96. The van der Waals surface area contributed by atoms with Crippen molar-refractivity contribution in [1.82, 2.24) is 10.2 Å². The average Bonchev–Trinajstić information content (AvgIpc) is 2.54. The highest BCUT2D eigenvalue weighted by Crippen LogP contribution is 2.12. The summed E-state index contributed by atoms with van der Waals surface area (Å²) in [7, 11) is 1.37. The predicted molar refractivity (Wildman–Crippen MR) is 81.5 cm³/mol. The van der Waals surface area contributed by atoms with Gasteiger partial charge in [0.1, 0.15) is 23.3 Å². The van der Waals surface area contributed by atoms with Gasteiger partial charge < -0.3 is 10.2 Å². The molecule has 0 aromatic heterocycles. The first-order chi connectivity index (χ1) is 11.8. The summed E-state index contributed by atoms with van der Waals surface area (Å²) in [6.45, 7) is -0.597. The summed E-state index contributed by atoms with van der Waals surface area (Å²) in [5.74, 6) is -4.86. The van der Waals surface area contributed by atoms with Crippen molar-refractivity contribution in [3.8, 4) is 0 Å². The largest absolute Gasteiger partial charge is 0.343 e. The van der Waals surface area contributed by atoms with E-state index in [2.05, 4.69) is 5.32 Å². The Hall–Kier alpha value is -2.90. The highest BCUT2D eigenvalue weighted by Gasteiger charge is 2.16. The molecular weight excluding hydrogens is 340 g/mol. The lowest BCUT2D eigenvalue weighted by atomic mass is 10.2. The average molecular weight is 354 g/mol. The number of amides is 2. The molecule has 0 heterocycles. The third kappa shape index (κ3) is 4.79. The smallest absolute Gasteiger partial charge is 0.254 e. The predicted octanol–water partition coefficient (Wildman–Crippen LogP) is 2.63. The van der Waals surface area contributed by atoms with E-state index in [1.54, 1.807) is 0 Å². The molecule has 2 aromatic carbocycles. The van der Waals surface area contributed by atoms with E-state index in [1.807, 2.05) is 0 Å². The third-order valence-electron chi connectivity index (χ3n) is 3.42. The first kappa shape index (κ1) is 18.4. The number of rotatable bonds is 5. The lowest BCUT2D eigenvalue weighted by molar-refractivity contribution is -0.129. The van der Waals surface area contributed by atoms with Crippen molar-refractivity contribution >= 4 is 11.8 Å². The molecule has 2 aromatic rings. The maximum Gasteiger partial charge on any atom is 0.254 e. The number of nitrogens with zero attached hydrogens (tertiary/aromatic N) is 1. The molecule has 0 bridgehead atoms. The molecule has 25 heavy (non-hydrogen) atoms. The first-order valence-electron chi connectivity index (χ1n) is 7.19. The van der Waals surface area contributed by atoms with E-state index in [0.717, 1.165) is 23.1 Å². The van der Waals surface area contributed by atoms with Gasteiger partial charge in [-0.3, -0.25) is 9.59 Å². The van der Waals surface area contributed by atoms with E-state index in [4.69, 9.17) is 0 Å². The molecule has 0 aliphatic carbocycles. The van der Waals surface area contributed by atoms with Crippen molar-refractivity contribution in [3.05, 3.63) is 70.8 Å². The SMILES string of the molecule is CN(Cc1ccc(F)cc1F)C(=O)CNC(=O)c1ccc(F)cc1F. The van der Waals surface area contributed by atoms with Gasteiger partial charge in [0.2, 0.25) is 5.91 Å². The van der Waals surface area contributed by atoms with Crippen molar-refractivity contribution in [3.63, 3.8) is 0 Å². The number of carbonyl (C=O) groups excluding carboxylic acids is 2. The summed E-state index contributed by atoms with van der Waals surface area (Å²) in [5, 5.41) is 2.20. The molecule has 8 heteroatoms. The zero-order valence-electron chi connectivity index (χ0n) is 13.2. The molecule has 0 saturated carbocycles. The Balaban J connectivity index is 1.93. The van der Waals surface area contributed by atoms with Crippen LogP contribution in [0.2, 0.25) is 0 Å². The van der Waals surface area contributed by atoms with Gasteiger partial charge in [-0.15, -0.1) is 0 Å². The zero-order chi connectivity index (χ0) is 18.6. The lowest BCUT2D eigenvalue weighted by Crippen LogP contribution is -2.38. The van der Waals surface area contributed by atoms with Gasteiger partial charge in [0.05, 0.1) is 12.1 Å². The Labute approximate surface area is 141 Å². The topological polar surface area (TPSA) is 49.4 Å². The molecule has 0 unspecified atom stereocenters. The molecule has 0 radical (unpaired) electrons. The van der Waals surface area contributed by atoms with Crippen LogP contribution in [0.1, 0.15) is 15.9 Å². The monoisotopic (exact) mass is 354 g/mol. The van der Waals surface area contributed by atoms with Crippen LogP contribution in [0.15, 0.2) is 36.4 Å². The molecule has 0 aliphatic heterocycles. The van der Waals surface area contributed by atoms with Gasteiger partial charge >= 0.3 is 0 Å². The van der Waals surface area contributed by atoms with Crippen molar-refractivity contribution in [2.75, 3.05) is 13.6 Å². The fraction of sp³-hybridized carbons (Fsp3) is 0.176. The number of nitrogens with one attached hydrogen (secondary N) is 1. The van der Waals surface area contributed by atoms with Gasteiger partial charge in [0.25, 0.3) is 5.91 Å². The second-order valence-electron chi connectivity index (χ2n) is 5.29. The highest BCUT2D eigenvalue weighted by atomic mass is 19.1. The van der Waals surface area contributed by atoms with Crippen LogP contribution in [-0.4, -0.2) is 30.3 Å². The maximum absolute atomic E-state index is 13.6. The summed E-state index contributed by atoms with van der Waals surface area (Å²) < 4.78 is 52.7. The van der Waals surface area contributed by atoms with Gasteiger partial charge in [-0.05, 0) is 18.2 Å². The Morgan fingerprint density at radius 1 is 0.960 bits per heavy atom. The van der Waals surface area contributed by atoms with Crippen LogP contribution < -0.4 is 5.32 Å². The minimum Gasteiger partial charge on any atom is -0.343 e. The standard InChI is InChI=1S/C17H14F4N2O2/c1-23(9-10-2-3-11(18)6-14(10)20)16(24)8-22-17(25)13-5-4-12(19)7-15(13)21/h2-7H,8-9H2,1H3,(H,22,25). The van der Waals surface area contributed by atoms with E-state index < -0.39 is 47.2 Å². The molecule has 0 fully saturated rings. The molecule has 132 valence electrons. The first-order valence-corrected chi connectivity index (χ1v) is 7.19. The Bertz CT molecular complexity index is 811. The number of carbonyl (C=O) groups is 2.